The number of carbonyl (C=O) groups is 2. The molecule has 0 spiro atoms. The first-order valence-electron chi connectivity index (χ1n) is 6.51. The molecule has 114 valence electrons. The number of hydrogen-bond donors (Lipinski definition) is 0. The lowest BCUT2D eigenvalue weighted by Gasteiger charge is -2.19. The average Bonchev–Trinajstić information content (AvgIpc) is 2.41. The molecule has 1 aromatic rings. The van der Waals surface area contributed by atoms with Crippen molar-refractivity contribution in [1.82, 2.24) is 0 Å². The Morgan fingerprint density at radius 3 is 2.29 bits per heavy atom. The van der Waals surface area contributed by atoms with E-state index in [0.29, 0.717) is 0 Å². The molecule has 0 unspecified atom stereocenters. The van der Waals surface area contributed by atoms with Crippen molar-refractivity contribution in [2.75, 3.05) is 13.7 Å². The van der Waals surface area contributed by atoms with Crippen molar-refractivity contribution >= 4 is 18.0 Å². The molecular weight excluding hydrogens is 272 g/mol. The maximum absolute atomic E-state index is 11.5. The predicted molar refractivity (Wildman–Crippen MR) is 78.8 cm³/mol. The highest BCUT2D eigenvalue weighted by atomic mass is 16.6. The minimum atomic E-state index is -0.600. The molecule has 0 radical (unpaired) electrons. The van der Waals surface area contributed by atoms with Crippen LogP contribution < -0.4 is 4.74 Å². The van der Waals surface area contributed by atoms with Crippen LogP contribution in [0.25, 0.3) is 6.08 Å². The third kappa shape index (κ3) is 7.15. The molecule has 1 rings (SSSR count). The summed E-state index contributed by atoms with van der Waals surface area (Å²) in [6, 6.07) is 7.17. The Balaban J connectivity index is 2.42. The van der Waals surface area contributed by atoms with Gasteiger partial charge in [-0.05, 0) is 44.5 Å². The Labute approximate surface area is 124 Å². The van der Waals surface area contributed by atoms with Crippen molar-refractivity contribution in [3.8, 4) is 5.75 Å². The summed E-state index contributed by atoms with van der Waals surface area (Å²) in [5.74, 6) is -0.440. The van der Waals surface area contributed by atoms with Crippen molar-refractivity contribution < 1.29 is 23.8 Å². The first-order valence-corrected chi connectivity index (χ1v) is 6.51. The third-order valence-electron chi connectivity index (χ3n) is 2.28. The van der Waals surface area contributed by atoms with Crippen LogP contribution in [0.3, 0.4) is 0 Å². The fourth-order valence-electron chi connectivity index (χ4n) is 1.43. The van der Waals surface area contributed by atoms with Gasteiger partial charge in [0.25, 0.3) is 0 Å². The van der Waals surface area contributed by atoms with Crippen LogP contribution in [0.2, 0.25) is 0 Å². The smallest absolute Gasteiger partial charge is 0.344 e. The van der Waals surface area contributed by atoms with Crippen LogP contribution in [-0.2, 0) is 19.1 Å². The molecule has 0 bridgehead atoms. The molecule has 21 heavy (non-hydrogen) atoms. The van der Waals surface area contributed by atoms with Crippen molar-refractivity contribution in [2.24, 2.45) is 0 Å². The maximum atomic E-state index is 11.5. The number of ether oxygens (including phenoxy) is 3. The van der Waals surface area contributed by atoms with Crippen molar-refractivity contribution in [3.05, 3.63) is 35.9 Å². The highest BCUT2D eigenvalue weighted by Gasteiger charge is 2.16. The quantitative estimate of drug-likeness (QED) is 0.616. The van der Waals surface area contributed by atoms with Crippen LogP contribution in [0.1, 0.15) is 26.3 Å². The molecule has 0 N–H and O–H groups in total. The van der Waals surface area contributed by atoms with Gasteiger partial charge in [-0.2, -0.15) is 0 Å². The number of carbonyl (C=O) groups excluding carboxylic acids is 2. The van der Waals surface area contributed by atoms with E-state index in [-0.39, 0.29) is 0 Å². The number of hydrogen-bond acceptors (Lipinski definition) is 5. The molecule has 0 heterocycles. The van der Waals surface area contributed by atoms with Crippen LogP contribution in [0, 0.1) is 0 Å². The van der Waals surface area contributed by atoms with E-state index in [0.717, 1.165) is 11.3 Å². The van der Waals surface area contributed by atoms with Crippen molar-refractivity contribution in [1.29, 1.82) is 0 Å². The van der Waals surface area contributed by atoms with Gasteiger partial charge >= 0.3 is 11.9 Å². The molecule has 0 amide bonds. The van der Waals surface area contributed by atoms with Gasteiger partial charge in [0.1, 0.15) is 11.4 Å². The van der Waals surface area contributed by atoms with Gasteiger partial charge in [0, 0.05) is 6.08 Å². The van der Waals surface area contributed by atoms with Gasteiger partial charge in [0.15, 0.2) is 6.61 Å². The lowest BCUT2D eigenvalue weighted by Crippen LogP contribution is -2.27. The highest BCUT2D eigenvalue weighted by molar-refractivity contribution is 5.88. The van der Waals surface area contributed by atoms with Crippen LogP contribution in [0.5, 0.6) is 5.75 Å². The first-order chi connectivity index (χ1) is 9.80. The number of methoxy groups -OCH3 is 1. The molecule has 0 aliphatic rings. The summed E-state index contributed by atoms with van der Waals surface area (Å²) in [7, 11) is 1.58. The number of rotatable bonds is 5. The van der Waals surface area contributed by atoms with Crippen molar-refractivity contribution in [2.45, 2.75) is 26.4 Å². The van der Waals surface area contributed by atoms with Crippen LogP contribution in [0.15, 0.2) is 30.3 Å². The second-order valence-electron chi connectivity index (χ2n) is 5.30. The normalized spacial score (nSPS) is 11.2. The van der Waals surface area contributed by atoms with E-state index in [1.54, 1.807) is 58.2 Å². The molecule has 0 aromatic heterocycles. The minimum absolute atomic E-state index is 0.400. The zero-order chi connectivity index (χ0) is 15.9. The van der Waals surface area contributed by atoms with Gasteiger partial charge in [-0.25, -0.2) is 9.59 Å². The standard InChI is InChI=1S/C16H20O5/c1-16(2,3)21-15(18)11-20-14(17)10-7-12-5-8-13(19-4)9-6-12/h5-10H,11H2,1-4H3/b10-7+. The van der Waals surface area contributed by atoms with Gasteiger partial charge in [-0.15, -0.1) is 0 Å². The Kier molecular flexibility index (Phi) is 5.96. The molecular formula is C16H20O5. The zero-order valence-corrected chi connectivity index (χ0v) is 12.7. The minimum Gasteiger partial charge on any atom is -0.497 e. The van der Waals surface area contributed by atoms with E-state index in [1.165, 1.54) is 6.08 Å². The lowest BCUT2D eigenvalue weighted by molar-refractivity contribution is -0.164. The molecule has 0 fully saturated rings. The fraction of sp³-hybridized carbons (Fsp3) is 0.375. The fourth-order valence-corrected chi connectivity index (χ4v) is 1.43. The molecule has 0 atom stereocenters. The largest absolute Gasteiger partial charge is 0.497 e. The molecule has 1 aromatic carbocycles. The molecule has 0 saturated carbocycles. The summed E-state index contributed by atoms with van der Waals surface area (Å²) in [5, 5.41) is 0. The molecule has 5 nitrogen and oxygen atoms in total. The van der Waals surface area contributed by atoms with E-state index < -0.39 is 24.1 Å². The van der Waals surface area contributed by atoms with Crippen molar-refractivity contribution in [3.63, 3.8) is 0 Å². The van der Waals surface area contributed by atoms with Gasteiger partial charge in [0.2, 0.25) is 0 Å². The van der Waals surface area contributed by atoms with Gasteiger partial charge < -0.3 is 14.2 Å². The van der Waals surface area contributed by atoms with Crippen LogP contribution >= 0.6 is 0 Å². The summed E-state index contributed by atoms with van der Waals surface area (Å²) in [6.07, 6.45) is 2.85. The van der Waals surface area contributed by atoms with Gasteiger partial charge in [-0.3, -0.25) is 0 Å². The van der Waals surface area contributed by atoms with E-state index in [2.05, 4.69) is 0 Å². The van der Waals surface area contributed by atoms with E-state index in [1.807, 2.05) is 0 Å². The predicted octanol–water partition coefficient (Wildman–Crippen LogP) is 2.59. The first kappa shape index (κ1) is 16.8. The van der Waals surface area contributed by atoms with E-state index in [9.17, 15) is 9.59 Å². The summed E-state index contributed by atoms with van der Waals surface area (Å²) >= 11 is 0. The molecule has 5 heteroatoms. The second kappa shape index (κ2) is 7.47. The Hall–Kier alpha value is -2.30. The molecule has 0 saturated heterocycles. The lowest BCUT2D eigenvalue weighted by atomic mass is 10.2. The third-order valence-corrected chi connectivity index (χ3v) is 2.28. The Bertz CT molecular complexity index is 508. The Morgan fingerprint density at radius 2 is 1.76 bits per heavy atom. The summed E-state index contributed by atoms with van der Waals surface area (Å²) in [4.78, 5) is 22.8. The number of benzene rings is 1. The monoisotopic (exact) mass is 292 g/mol. The highest BCUT2D eigenvalue weighted by Crippen LogP contribution is 2.12. The molecule has 0 aliphatic carbocycles. The maximum Gasteiger partial charge on any atom is 0.344 e. The van der Waals surface area contributed by atoms with Gasteiger partial charge in [-0.1, -0.05) is 12.1 Å². The van der Waals surface area contributed by atoms with Crippen LogP contribution in [-0.4, -0.2) is 31.3 Å². The average molecular weight is 292 g/mol. The topological polar surface area (TPSA) is 61.8 Å². The Morgan fingerprint density at radius 1 is 1.14 bits per heavy atom. The van der Waals surface area contributed by atoms with E-state index >= 15 is 0 Å². The summed E-state index contributed by atoms with van der Waals surface area (Å²) in [6.45, 7) is 4.84. The summed E-state index contributed by atoms with van der Waals surface area (Å²) < 4.78 is 14.8. The summed E-state index contributed by atoms with van der Waals surface area (Å²) in [5.41, 5.74) is 0.229. The molecule has 0 aliphatic heterocycles. The van der Waals surface area contributed by atoms with Crippen LogP contribution in [0.4, 0.5) is 0 Å². The zero-order valence-electron chi connectivity index (χ0n) is 12.7. The van der Waals surface area contributed by atoms with E-state index in [4.69, 9.17) is 14.2 Å². The van der Waals surface area contributed by atoms with Gasteiger partial charge in [0.05, 0.1) is 7.11 Å². The number of esters is 2. The second-order valence-corrected chi connectivity index (χ2v) is 5.30. The SMILES string of the molecule is COc1ccc(/C=C/C(=O)OCC(=O)OC(C)(C)C)cc1.